The fraction of sp³-hybridized carbons (Fsp3) is 0.556. The molecule has 5 N–H and O–H groups in total. The molecule has 1 aromatic rings. The van der Waals surface area contributed by atoms with E-state index in [4.69, 9.17) is 16.2 Å². The molecule has 1 atom stereocenters. The van der Waals surface area contributed by atoms with Gasteiger partial charge in [-0.25, -0.2) is 4.79 Å². The minimum atomic E-state index is -0.768. The van der Waals surface area contributed by atoms with Gasteiger partial charge in [0.15, 0.2) is 0 Å². The number of hydrogen-bond acceptors (Lipinski definition) is 5. The van der Waals surface area contributed by atoms with E-state index in [0.29, 0.717) is 25.8 Å². The molecule has 7 heteroatoms. The van der Waals surface area contributed by atoms with Crippen molar-refractivity contribution in [3.63, 3.8) is 0 Å². The number of nitrogens with two attached hydrogens (primary N) is 2. The summed E-state index contributed by atoms with van der Waals surface area (Å²) in [6.45, 7) is 5.98. The van der Waals surface area contributed by atoms with Crippen molar-refractivity contribution in [2.24, 2.45) is 11.5 Å². The molecule has 0 unspecified atom stereocenters. The van der Waals surface area contributed by atoms with Gasteiger partial charge in [0.05, 0.1) is 0 Å². The lowest BCUT2D eigenvalue weighted by Crippen LogP contribution is -2.50. The van der Waals surface area contributed by atoms with Crippen LogP contribution in [-0.2, 0) is 16.0 Å². The van der Waals surface area contributed by atoms with Crippen LogP contribution in [-0.4, -0.2) is 46.7 Å². The van der Waals surface area contributed by atoms with Gasteiger partial charge in [-0.15, -0.1) is 0 Å². The van der Waals surface area contributed by atoms with Crippen LogP contribution < -0.4 is 11.5 Å². The van der Waals surface area contributed by atoms with Gasteiger partial charge in [-0.3, -0.25) is 9.69 Å². The van der Waals surface area contributed by atoms with Crippen molar-refractivity contribution < 1.29 is 19.4 Å². The number of carbonyl (C=O) groups excluding carboxylic acids is 2. The number of phenolic OH excluding ortho intramolecular Hbond substituents is 1. The number of ether oxygens (including phenoxy) is 1. The third-order valence-electron chi connectivity index (χ3n) is 3.59. The largest absolute Gasteiger partial charge is 0.508 e. The number of phenols is 1. The normalized spacial score (nSPS) is 12.5. The molecule has 25 heavy (non-hydrogen) atoms. The SMILES string of the molecule is CC(C)(C)OC(=O)N(CCc1ccc(O)cc1)[C@H](CCCN)C(N)=O. The molecule has 1 aromatic carbocycles. The molecule has 0 aromatic heterocycles. The zero-order chi connectivity index (χ0) is 19.0. The lowest BCUT2D eigenvalue weighted by Gasteiger charge is -2.32. The zero-order valence-electron chi connectivity index (χ0n) is 15.2. The highest BCUT2D eigenvalue weighted by molar-refractivity contribution is 5.84. The molecule has 0 aliphatic heterocycles. The third kappa shape index (κ3) is 7.43. The minimum Gasteiger partial charge on any atom is -0.508 e. The molecular weight excluding hydrogens is 322 g/mol. The summed E-state index contributed by atoms with van der Waals surface area (Å²) in [5.41, 5.74) is 11.3. The van der Waals surface area contributed by atoms with E-state index >= 15 is 0 Å². The van der Waals surface area contributed by atoms with Gasteiger partial charge < -0.3 is 21.3 Å². The summed E-state index contributed by atoms with van der Waals surface area (Å²) in [6, 6.07) is 5.92. The Bertz CT molecular complexity index is 567. The summed E-state index contributed by atoms with van der Waals surface area (Å²) < 4.78 is 5.43. The topological polar surface area (TPSA) is 119 Å². The van der Waals surface area contributed by atoms with Gasteiger partial charge in [0.2, 0.25) is 5.91 Å². The van der Waals surface area contributed by atoms with Crippen LogP contribution >= 0.6 is 0 Å². The second-order valence-corrected chi connectivity index (χ2v) is 6.94. The smallest absolute Gasteiger partial charge is 0.410 e. The van der Waals surface area contributed by atoms with E-state index in [1.54, 1.807) is 45.0 Å². The van der Waals surface area contributed by atoms with Gasteiger partial charge >= 0.3 is 6.09 Å². The fourth-order valence-corrected chi connectivity index (χ4v) is 2.37. The summed E-state index contributed by atoms with van der Waals surface area (Å²) >= 11 is 0. The summed E-state index contributed by atoms with van der Waals surface area (Å²) in [6.07, 6.45) is 0.894. The third-order valence-corrected chi connectivity index (χ3v) is 3.59. The highest BCUT2D eigenvalue weighted by Gasteiger charge is 2.31. The van der Waals surface area contributed by atoms with Crippen LogP contribution in [0, 0.1) is 0 Å². The number of aromatic hydroxyl groups is 1. The second-order valence-electron chi connectivity index (χ2n) is 6.94. The van der Waals surface area contributed by atoms with Crippen LogP contribution in [0.25, 0.3) is 0 Å². The highest BCUT2D eigenvalue weighted by Crippen LogP contribution is 2.16. The number of nitrogens with zero attached hydrogens (tertiary/aromatic N) is 1. The van der Waals surface area contributed by atoms with E-state index in [1.165, 1.54) is 4.90 Å². The molecule has 0 saturated heterocycles. The monoisotopic (exact) mass is 351 g/mol. The van der Waals surface area contributed by atoms with Crippen LogP contribution in [0.2, 0.25) is 0 Å². The van der Waals surface area contributed by atoms with Crippen molar-refractivity contribution in [1.29, 1.82) is 0 Å². The van der Waals surface area contributed by atoms with Crippen molar-refractivity contribution in [2.45, 2.75) is 51.7 Å². The van der Waals surface area contributed by atoms with Crippen LogP contribution in [0.4, 0.5) is 4.79 Å². The maximum atomic E-state index is 12.6. The summed E-state index contributed by atoms with van der Waals surface area (Å²) in [4.78, 5) is 25.8. The lowest BCUT2D eigenvalue weighted by atomic mass is 10.1. The quantitative estimate of drug-likeness (QED) is 0.659. The molecule has 7 nitrogen and oxygen atoms in total. The molecule has 2 amide bonds. The van der Waals surface area contributed by atoms with Crippen molar-refractivity contribution >= 4 is 12.0 Å². The summed E-state index contributed by atoms with van der Waals surface area (Å²) in [5, 5.41) is 9.35. The average molecular weight is 351 g/mol. The molecule has 0 fully saturated rings. The molecule has 0 aliphatic carbocycles. The first-order valence-corrected chi connectivity index (χ1v) is 8.41. The summed E-state index contributed by atoms with van der Waals surface area (Å²) in [7, 11) is 0. The van der Waals surface area contributed by atoms with E-state index in [0.717, 1.165) is 5.56 Å². The molecular formula is C18H29N3O4. The first kappa shape index (κ1) is 20.8. The Morgan fingerprint density at radius 3 is 2.32 bits per heavy atom. The fourth-order valence-electron chi connectivity index (χ4n) is 2.37. The van der Waals surface area contributed by atoms with E-state index < -0.39 is 23.6 Å². The van der Waals surface area contributed by atoms with Crippen LogP contribution in [0.1, 0.15) is 39.2 Å². The second kappa shape index (κ2) is 9.27. The summed E-state index contributed by atoms with van der Waals surface area (Å²) in [5.74, 6) is -0.407. The van der Waals surface area contributed by atoms with E-state index in [-0.39, 0.29) is 12.3 Å². The van der Waals surface area contributed by atoms with Gasteiger partial charge in [0, 0.05) is 6.54 Å². The Labute approximate surface area is 148 Å². The van der Waals surface area contributed by atoms with E-state index in [2.05, 4.69) is 0 Å². The zero-order valence-corrected chi connectivity index (χ0v) is 15.2. The number of hydrogen-bond donors (Lipinski definition) is 3. The Morgan fingerprint density at radius 1 is 1.24 bits per heavy atom. The molecule has 140 valence electrons. The minimum absolute atomic E-state index is 0.172. The van der Waals surface area contributed by atoms with Crippen molar-refractivity contribution in [1.82, 2.24) is 4.90 Å². The molecule has 0 radical (unpaired) electrons. The standard InChI is InChI=1S/C18H29N3O4/c1-18(2,3)25-17(24)21(15(16(20)23)5-4-11-19)12-10-13-6-8-14(22)9-7-13/h6-9,15,22H,4-5,10-12,19H2,1-3H3,(H2,20,23)/t15-/m1/s1. The molecule has 0 aliphatic rings. The van der Waals surface area contributed by atoms with Crippen LogP contribution in [0.15, 0.2) is 24.3 Å². The first-order chi connectivity index (χ1) is 11.6. The average Bonchev–Trinajstić information content (AvgIpc) is 2.50. The van der Waals surface area contributed by atoms with Gasteiger partial charge in [0.1, 0.15) is 17.4 Å². The van der Waals surface area contributed by atoms with Gasteiger partial charge in [-0.1, -0.05) is 12.1 Å². The van der Waals surface area contributed by atoms with E-state index in [1.807, 2.05) is 0 Å². The van der Waals surface area contributed by atoms with Crippen LogP contribution in [0.3, 0.4) is 0 Å². The maximum absolute atomic E-state index is 12.6. The first-order valence-electron chi connectivity index (χ1n) is 8.41. The Kier molecular flexibility index (Phi) is 7.70. The molecule has 0 heterocycles. The number of benzene rings is 1. The number of primary amides is 1. The van der Waals surface area contributed by atoms with Crippen molar-refractivity contribution in [3.8, 4) is 5.75 Å². The Balaban J connectivity index is 2.93. The van der Waals surface area contributed by atoms with Gasteiger partial charge in [-0.05, 0) is 64.3 Å². The van der Waals surface area contributed by atoms with Crippen molar-refractivity contribution in [3.05, 3.63) is 29.8 Å². The van der Waals surface area contributed by atoms with Crippen molar-refractivity contribution in [2.75, 3.05) is 13.1 Å². The van der Waals surface area contributed by atoms with Gasteiger partial charge in [0.25, 0.3) is 0 Å². The predicted octanol–water partition coefficient (Wildman–Crippen LogP) is 1.76. The lowest BCUT2D eigenvalue weighted by molar-refractivity contribution is -0.123. The predicted molar refractivity (Wildman–Crippen MR) is 96.0 cm³/mol. The van der Waals surface area contributed by atoms with Gasteiger partial charge in [-0.2, -0.15) is 0 Å². The molecule has 0 saturated carbocycles. The molecule has 0 spiro atoms. The Morgan fingerprint density at radius 2 is 1.84 bits per heavy atom. The molecule has 1 rings (SSSR count). The van der Waals surface area contributed by atoms with E-state index in [9.17, 15) is 14.7 Å². The van der Waals surface area contributed by atoms with Crippen LogP contribution in [0.5, 0.6) is 5.75 Å². The highest BCUT2D eigenvalue weighted by atomic mass is 16.6. The number of carbonyl (C=O) groups is 2. The number of rotatable bonds is 8. The Hall–Kier alpha value is -2.28. The maximum Gasteiger partial charge on any atom is 0.410 e. The molecule has 0 bridgehead atoms. The number of amides is 2.